The smallest absolute Gasteiger partial charge is 0.229 e. The zero-order valence-corrected chi connectivity index (χ0v) is 15.7. The standard InChI is InChI=1S/C14H12I2N4O2/c1-2-3-22-13-9(15)4-8(5-10(13)16)11-6-12(21)19-14-17-7-18-20(11)14/h2,4-5,7,11H,1,3,6H2,(H,17,18,19,21)/t11-/m0/s1. The maximum atomic E-state index is 11.9. The molecule has 0 saturated carbocycles. The van der Waals surface area contributed by atoms with Gasteiger partial charge in [-0.3, -0.25) is 10.1 Å². The number of aromatic nitrogens is 3. The Hall–Kier alpha value is -1.17. The molecule has 2 heterocycles. The van der Waals surface area contributed by atoms with E-state index >= 15 is 0 Å². The van der Waals surface area contributed by atoms with Crippen molar-refractivity contribution >= 4 is 57.0 Å². The average molecular weight is 522 g/mol. The first-order valence-electron chi connectivity index (χ1n) is 6.52. The molecule has 1 aromatic heterocycles. The number of nitrogens with one attached hydrogen (secondary N) is 1. The zero-order valence-electron chi connectivity index (χ0n) is 11.4. The van der Waals surface area contributed by atoms with Crippen LogP contribution in [0.15, 0.2) is 31.1 Å². The van der Waals surface area contributed by atoms with Crippen LogP contribution in [-0.4, -0.2) is 27.3 Å². The molecule has 0 spiro atoms. The van der Waals surface area contributed by atoms with Crippen LogP contribution in [0, 0.1) is 7.14 Å². The molecule has 1 N–H and O–H groups in total. The first kappa shape index (κ1) is 15.7. The van der Waals surface area contributed by atoms with E-state index in [9.17, 15) is 4.79 Å². The lowest BCUT2D eigenvalue weighted by atomic mass is 10.0. The molecule has 0 unspecified atom stereocenters. The quantitative estimate of drug-likeness (QED) is 0.496. The van der Waals surface area contributed by atoms with E-state index in [1.165, 1.54) is 6.33 Å². The van der Waals surface area contributed by atoms with Gasteiger partial charge < -0.3 is 4.74 Å². The SMILES string of the molecule is C=CCOc1c(I)cc([C@@H]2CC(=O)Nc3ncnn32)cc1I. The molecule has 1 aliphatic rings. The molecule has 1 aromatic carbocycles. The van der Waals surface area contributed by atoms with Crippen molar-refractivity contribution in [3.05, 3.63) is 43.8 Å². The van der Waals surface area contributed by atoms with Gasteiger partial charge >= 0.3 is 0 Å². The monoisotopic (exact) mass is 522 g/mol. The molecule has 1 amide bonds. The van der Waals surface area contributed by atoms with Gasteiger partial charge in [-0.1, -0.05) is 12.7 Å². The van der Waals surface area contributed by atoms with Crippen LogP contribution in [0.25, 0.3) is 0 Å². The van der Waals surface area contributed by atoms with Crippen molar-refractivity contribution in [2.24, 2.45) is 0 Å². The first-order chi connectivity index (χ1) is 10.6. The third-order valence-electron chi connectivity index (χ3n) is 3.25. The highest BCUT2D eigenvalue weighted by Gasteiger charge is 2.28. The minimum Gasteiger partial charge on any atom is -0.487 e. The van der Waals surface area contributed by atoms with Gasteiger partial charge in [-0.05, 0) is 62.9 Å². The minimum atomic E-state index is -0.151. The van der Waals surface area contributed by atoms with Crippen molar-refractivity contribution in [1.29, 1.82) is 0 Å². The van der Waals surface area contributed by atoms with E-state index in [2.05, 4.69) is 67.2 Å². The molecule has 114 valence electrons. The number of benzene rings is 1. The number of anilines is 1. The highest BCUT2D eigenvalue weighted by atomic mass is 127. The number of fused-ring (bicyclic) bond motifs is 1. The van der Waals surface area contributed by atoms with Crippen molar-refractivity contribution in [3.8, 4) is 5.75 Å². The summed E-state index contributed by atoms with van der Waals surface area (Å²) in [5.74, 6) is 1.27. The predicted molar refractivity (Wildman–Crippen MR) is 99.0 cm³/mol. The maximum absolute atomic E-state index is 11.9. The third-order valence-corrected chi connectivity index (χ3v) is 4.85. The molecule has 1 aliphatic heterocycles. The molecule has 6 nitrogen and oxygen atoms in total. The summed E-state index contributed by atoms with van der Waals surface area (Å²) >= 11 is 4.48. The van der Waals surface area contributed by atoms with Crippen molar-refractivity contribution in [1.82, 2.24) is 14.8 Å². The summed E-state index contributed by atoms with van der Waals surface area (Å²) in [4.78, 5) is 15.9. The average Bonchev–Trinajstić information content (AvgIpc) is 2.93. The Kier molecular flexibility index (Phi) is 4.66. The van der Waals surface area contributed by atoms with Crippen LogP contribution in [0.4, 0.5) is 5.95 Å². The molecular formula is C14H12I2N4O2. The second-order valence-electron chi connectivity index (χ2n) is 4.71. The van der Waals surface area contributed by atoms with Crippen LogP contribution in [0.5, 0.6) is 5.75 Å². The number of ether oxygens (including phenoxy) is 1. The normalized spacial score (nSPS) is 16.8. The van der Waals surface area contributed by atoms with Crippen LogP contribution < -0.4 is 10.1 Å². The highest BCUT2D eigenvalue weighted by molar-refractivity contribution is 14.1. The lowest BCUT2D eigenvalue weighted by Gasteiger charge is -2.24. The fourth-order valence-electron chi connectivity index (χ4n) is 2.32. The van der Waals surface area contributed by atoms with Crippen LogP contribution >= 0.6 is 45.2 Å². The van der Waals surface area contributed by atoms with E-state index in [0.717, 1.165) is 18.5 Å². The zero-order chi connectivity index (χ0) is 15.7. The predicted octanol–water partition coefficient (Wildman–Crippen LogP) is 2.98. The van der Waals surface area contributed by atoms with Crippen molar-refractivity contribution in [2.45, 2.75) is 12.5 Å². The Morgan fingerprint density at radius 2 is 2.18 bits per heavy atom. The number of carbonyl (C=O) groups is 1. The fraction of sp³-hybridized carbons (Fsp3) is 0.214. The highest BCUT2D eigenvalue weighted by Crippen LogP contribution is 2.35. The summed E-state index contributed by atoms with van der Waals surface area (Å²) < 4.78 is 9.42. The molecule has 8 heteroatoms. The number of amides is 1. The number of hydrogen-bond acceptors (Lipinski definition) is 4. The maximum Gasteiger partial charge on any atom is 0.229 e. The molecule has 0 aliphatic carbocycles. The molecular weight excluding hydrogens is 510 g/mol. The number of nitrogens with zero attached hydrogens (tertiary/aromatic N) is 3. The van der Waals surface area contributed by atoms with Crippen LogP contribution in [0.3, 0.4) is 0 Å². The van der Waals surface area contributed by atoms with Gasteiger partial charge in [0.15, 0.2) is 0 Å². The van der Waals surface area contributed by atoms with Gasteiger partial charge in [0, 0.05) is 0 Å². The summed E-state index contributed by atoms with van der Waals surface area (Å²) in [7, 11) is 0. The van der Waals surface area contributed by atoms with Gasteiger partial charge in [0.2, 0.25) is 11.9 Å². The molecule has 22 heavy (non-hydrogen) atoms. The third kappa shape index (κ3) is 2.98. The Labute approximate surface area is 154 Å². The summed E-state index contributed by atoms with van der Waals surface area (Å²) in [6, 6.07) is 3.90. The molecule has 0 radical (unpaired) electrons. The second-order valence-corrected chi connectivity index (χ2v) is 7.03. The van der Waals surface area contributed by atoms with Gasteiger partial charge in [0.1, 0.15) is 18.7 Å². The van der Waals surface area contributed by atoms with Crippen LogP contribution in [0.2, 0.25) is 0 Å². The summed E-state index contributed by atoms with van der Waals surface area (Å²) in [5, 5.41) is 6.94. The Morgan fingerprint density at radius 1 is 1.45 bits per heavy atom. The van der Waals surface area contributed by atoms with Gasteiger partial charge in [-0.15, -0.1) is 0 Å². The van der Waals surface area contributed by atoms with E-state index in [1.54, 1.807) is 10.8 Å². The topological polar surface area (TPSA) is 69.0 Å². The van der Waals surface area contributed by atoms with E-state index in [-0.39, 0.29) is 11.9 Å². The number of halogens is 2. The van der Waals surface area contributed by atoms with Crippen LogP contribution in [-0.2, 0) is 4.79 Å². The molecule has 0 bridgehead atoms. The van der Waals surface area contributed by atoms with Gasteiger partial charge in [-0.2, -0.15) is 10.1 Å². The summed E-state index contributed by atoms with van der Waals surface area (Å²) in [5.41, 5.74) is 1.02. The molecule has 2 aromatic rings. The molecule has 0 fully saturated rings. The molecule has 0 saturated heterocycles. The van der Waals surface area contributed by atoms with Gasteiger partial charge in [-0.25, -0.2) is 4.68 Å². The van der Waals surface area contributed by atoms with Crippen molar-refractivity contribution < 1.29 is 9.53 Å². The Morgan fingerprint density at radius 3 is 2.86 bits per heavy atom. The van der Waals surface area contributed by atoms with E-state index in [1.807, 2.05) is 12.1 Å². The molecule has 1 atom stereocenters. The number of hydrogen-bond donors (Lipinski definition) is 1. The Bertz CT molecular complexity index is 721. The number of carbonyl (C=O) groups excluding carboxylic acids is 1. The van der Waals surface area contributed by atoms with Gasteiger partial charge in [0.05, 0.1) is 19.6 Å². The summed E-state index contributed by atoms with van der Waals surface area (Å²) in [6.07, 6.45) is 3.51. The van der Waals surface area contributed by atoms with Crippen molar-refractivity contribution in [3.63, 3.8) is 0 Å². The summed E-state index contributed by atoms with van der Waals surface area (Å²) in [6.45, 7) is 4.12. The minimum absolute atomic E-state index is 0.0532. The Balaban J connectivity index is 2.00. The molecule has 3 rings (SSSR count). The largest absolute Gasteiger partial charge is 0.487 e. The van der Waals surface area contributed by atoms with Gasteiger partial charge in [0.25, 0.3) is 0 Å². The lowest BCUT2D eigenvalue weighted by Crippen LogP contribution is -2.29. The number of rotatable bonds is 4. The lowest BCUT2D eigenvalue weighted by molar-refractivity contribution is -0.117. The van der Waals surface area contributed by atoms with Crippen LogP contribution in [0.1, 0.15) is 18.0 Å². The first-order valence-corrected chi connectivity index (χ1v) is 8.68. The fourth-order valence-corrected chi connectivity index (χ4v) is 4.44. The van der Waals surface area contributed by atoms with E-state index in [0.29, 0.717) is 19.0 Å². The van der Waals surface area contributed by atoms with E-state index < -0.39 is 0 Å². The second kappa shape index (κ2) is 6.52. The van der Waals surface area contributed by atoms with Crippen molar-refractivity contribution in [2.75, 3.05) is 11.9 Å². The van der Waals surface area contributed by atoms with E-state index in [4.69, 9.17) is 4.74 Å².